The number of rotatable bonds is 3. The predicted molar refractivity (Wildman–Crippen MR) is 46.6 cm³/mol. The lowest BCUT2D eigenvalue weighted by Gasteiger charge is -2.23. The van der Waals surface area contributed by atoms with E-state index in [-0.39, 0.29) is 6.61 Å². The summed E-state index contributed by atoms with van der Waals surface area (Å²) in [4.78, 5) is 11.0. The van der Waals surface area contributed by atoms with Crippen LogP contribution in [-0.4, -0.2) is 35.5 Å². The maximum Gasteiger partial charge on any atom is 0.338 e. The molecule has 1 atom stereocenters. The standard InChI is InChI=1S/C9H16O4/c1-4-12-9(7(10)11)5-8(2,3)13-6-9/h4-6H2,1-3H3,(H,10,11). The summed E-state index contributed by atoms with van der Waals surface area (Å²) < 4.78 is 10.6. The van der Waals surface area contributed by atoms with Gasteiger partial charge in [0, 0.05) is 13.0 Å². The van der Waals surface area contributed by atoms with Gasteiger partial charge in [-0.1, -0.05) is 0 Å². The summed E-state index contributed by atoms with van der Waals surface area (Å²) >= 11 is 0. The van der Waals surface area contributed by atoms with Gasteiger partial charge in [0.05, 0.1) is 12.2 Å². The van der Waals surface area contributed by atoms with Crippen molar-refractivity contribution >= 4 is 5.97 Å². The van der Waals surface area contributed by atoms with Crippen molar-refractivity contribution < 1.29 is 19.4 Å². The summed E-state index contributed by atoms with van der Waals surface area (Å²) in [6.45, 7) is 6.07. The average molecular weight is 188 g/mol. The zero-order valence-corrected chi connectivity index (χ0v) is 8.29. The number of carboxylic acids is 1. The smallest absolute Gasteiger partial charge is 0.338 e. The Morgan fingerprint density at radius 2 is 2.23 bits per heavy atom. The molecule has 0 radical (unpaired) electrons. The summed E-state index contributed by atoms with van der Waals surface area (Å²) in [5.41, 5.74) is -1.52. The van der Waals surface area contributed by atoms with E-state index in [1.54, 1.807) is 6.92 Å². The van der Waals surface area contributed by atoms with Crippen LogP contribution in [0.25, 0.3) is 0 Å². The fourth-order valence-electron chi connectivity index (χ4n) is 1.67. The number of aliphatic carboxylic acids is 1. The van der Waals surface area contributed by atoms with Gasteiger partial charge in [0.25, 0.3) is 0 Å². The molecule has 0 aliphatic carbocycles. The summed E-state index contributed by atoms with van der Waals surface area (Å²) in [5, 5.41) is 9.02. The van der Waals surface area contributed by atoms with Crippen LogP contribution < -0.4 is 0 Å². The molecule has 1 aliphatic heterocycles. The van der Waals surface area contributed by atoms with Crippen LogP contribution in [0.3, 0.4) is 0 Å². The molecule has 0 aromatic rings. The first-order valence-electron chi connectivity index (χ1n) is 4.43. The van der Waals surface area contributed by atoms with E-state index in [4.69, 9.17) is 14.6 Å². The first-order chi connectivity index (χ1) is 5.92. The molecule has 1 fully saturated rings. The molecule has 1 saturated heterocycles. The molecule has 0 bridgehead atoms. The van der Waals surface area contributed by atoms with Crippen molar-refractivity contribution in [3.05, 3.63) is 0 Å². The molecule has 76 valence electrons. The average Bonchev–Trinajstić information content (AvgIpc) is 2.28. The van der Waals surface area contributed by atoms with Crippen molar-refractivity contribution in [2.75, 3.05) is 13.2 Å². The first kappa shape index (κ1) is 10.5. The minimum atomic E-state index is -1.13. The van der Waals surface area contributed by atoms with Gasteiger partial charge in [-0.3, -0.25) is 0 Å². The number of carbonyl (C=O) groups is 1. The zero-order chi connectivity index (χ0) is 10.1. The highest BCUT2D eigenvalue weighted by atomic mass is 16.6. The molecular formula is C9H16O4. The molecule has 0 aromatic carbocycles. The Kier molecular flexibility index (Phi) is 2.63. The van der Waals surface area contributed by atoms with Crippen LogP contribution in [0.5, 0.6) is 0 Å². The van der Waals surface area contributed by atoms with Crippen LogP contribution in [0.4, 0.5) is 0 Å². The SMILES string of the molecule is CCOC1(C(=O)O)COC(C)(C)C1. The third-order valence-electron chi connectivity index (χ3n) is 2.22. The molecule has 0 aromatic heterocycles. The maximum absolute atomic E-state index is 11.0. The van der Waals surface area contributed by atoms with Gasteiger partial charge in [-0.25, -0.2) is 4.79 Å². The van der Waals surface area contributed by atoms with Crippen LogP contribution in [0.15, 0.2) is 0 Å². The molecule has 0 amide bonds. The first-order valence-corrected chi connectivity index (χ1v) is 4.43. The van der Waals surface area contributed by atoms with Crippen molar-refractivity contribution in [2.45, 2.75) is 38.4 Å². The van der Waals surface area contributed by atoms with E-state index >= 15 is 0 Å². The van der Waals surface area contributed by atoms with Crippen molar-refractivity contribution in [2.24, 2.45) is 0 Å². The maximum atomic E-state index is 11.0. The monoisotopic (exact) mass is 188 g/mol. The minimum absolute atomic E-state index is 0.142. The van der Waals surface area contributed by atoms with Gasteiger partial charge < -0.3 is 14.6 Å². The highest BCUT2D eigenvalue weighted by molar-refractivity contribution is 5.78. The predicted octanol–water partition coefficient (Wildman–Crippen LogP) is 1.05. The van der Waals surface area contributed by atoms with E-state index in [2.05, 4.69) is 0 Å². The molecule has 1 unspecified atom stereocenters. The second-order valence-electron chi connectivity index (χ2n) is 3.96. The van der Waals surface area contributed by atoms with E-state index in [1.165, 1.54) is 0 Å². The van der Waals surface area contributed by atoms with Crippen LogP contribution in [-0.2, 0) is 14.3 Å². The van der Waals surface area contributed by atoms with Crippen molar-refractivity contribution in [3.63, 3.8) is 0 Å². The van der Waals surface area contributed by atoms with Crippen LogP contribution >= 0.6 is 0 Å². The molecule has 1 rings (SSSR count). The second kappa shape index (κ2) is 3.27. The number of hydrogen-bond donors (Lipinski definition) is 1. The van der Waals surface area contributed by atoms with E-state index in [0.717, 1.165) is 0 Å². The summed E-state index contributed by atoms with van der Waals surface area (Å²) in [6.07, 6.45) is 0.406. The Morgan fingerprint density at radius 1 is 1.62 bits per heavy atom. The molecule has 4 nitrogen and oxygen atoms in total. The highest BCUT2D eigenvalue weighted by Crippen LogP contribution is 2.35. The Hall–Kier alpha value is -0.610. The van der Waals surface area contributed by atoms with Gasteiger partial charge in [0.2, 0.25) is 0 Å². The fourth-order valence-corrected chi connectivity index (χ4v) is 1.67. The third-order valence-corrected chi connectivity index (χ3v) is 2.22. The fraction of sp³-hybridized carbons (Fsp3) is 0.889. The van der Waals surface area contributed by atoms with Crippen molar-refractivity contribution in [1.29, 1.82) is 0 Å². The van der Waals surface area contributed by atoms with Gasteiger partial charge in [-0.15, -0.1) is 0 Å². The topological polar surface area (TPSA) is 55.8 Å². The van der Waals surface area contributed by atoms with Crippen molar-refractivity contribution in [1.82, 2.24) is 0 Å². The largest absolute Gasteiger partial charge is 0.479 e. The molecule has 4 heteroatoms. The zero-order valence-electron chi connectivity index (χ0n) is 8.29. The summed E-state index contributed by atoms with van der Waals surface area (Å²) in [7, 11) is 0. The Labute approximate surface area is 77.8 Å². The van der Waals surface area contributed by atoms with E-state index in [9.17, 15) is 4.79 Å². The minimum Gasteiger partial charge on any atom is -0.479 e. The van der Waals surface area contributed by atoms with Gasteiger partial charge in [0.1, 0.15) is 0 Å². The van der Waals surface area contributed by atoms with Gasteiger partial charge in [-0.2, -0.15) is 0 Å². The van der Waals surface area contributed by atoms with E-state index in [1.807, 2.05) is 13.8 Å². The number of carboxylic acid groups (broad SMARTS) is 1. The van der Waals surface area contributed by atoms with Crippen molar-refractivity contribution in [3.8, 4) is 0 Å². The lowest BCUT2D eigenvalue weighted by Crippen LogP contribution is -2.43. The Morgan fingerprint density at radius 3 is 2.54 bits per heavy atom. The van der Waals surface area contributed by atoms with Gasteiger partial charge in [0.15, 0.2) is 5.60 Å². The van der Waals surface area contributed by atoms with Crippen LogP contribution in [0.2, 0.25) is 0 Å². The van der Waals surface area contributed by atoms with Gasteiger partial charge >= 0.3 is 5.97 Å². The Bertz CT molecular complexity index is 212. The summed E-state index contributed by atoms with van der Waals surface area (Å²) in [6, 6.07) is 0. The molecular weight excluding hydrogens is 172 g/mol. The molecule has 13 heavy (non-hydrogen) atoms. The molecule has 1 heterocycles. The van der Waals surface area contributed by atoms with Gasteiger partial charge in [-0.05, 0) is 20.8 Å². The van der Waals surface area contributed by atoms with Crippen LogP contribution in [0.1, 0.15) is 27.2 Å². The number of ether oxygens (including phenoxy) is 2. The quantitative estimate of drug-likeness (QED) is 0.719. The molecule has 1 aliphatic rings. The number of hydrogen-bond acceptors (Lipinski definition) is 3. The third kappa shape index (κ3) is 2.00. The highest BCUT2D eigenvalue weighted by Gasteiger charge is 2.51. The lowest BCUT2D eigenvalue weighted by molar-refractivity contribution is -0.165. The van der Waals surface area contributed by atoms with Crippen LogP contribution in [0, 0.1) is 0 Å². The molecule has 0 spiro atoms. The van der Waals surface area contributed by atoms with E-state index < -0.39 is 17.2 Å². The lowest BCUT2D eigenvalue weighted by atomic mass is 9.93. The summed E-state index contributed by atoms with van der Waals surface area (Å²) in [5.74, 6) is -0.931. The van der Waals surface area contributed by atoms with E-state index in [0.29, 0.717) is 13.0 Å². The second-order valence-corrected chi connectivity index (χ2v) is 3.96. The molecule has 1 N–H and O–H groups in total. The normalized spacial score (nSPS) is 31.9. The Balaban J connectivity index is 2.77. The molecule has 0 saturated carbocycles.